The Morgan fingerprint density at radius 3 is 1.13 bits per heavy atom. The van der Waals surface area contributed by atoms with Crippen LogP contribution in [0.3, 0.4) is 0 Å². The monoisotopic (exact) mass is 2090 g/mol. The van der Waals surface area contributed by atoms with Crippen molar-refractivity contribution in [2.75, 3.05) is 135 Å². The Balaban J connectivity index is 0.000000401. The summed E-state index contributed by atoms with van der Waals surface area (Å²) in [6.07, 6.45) is 23.1. The van der Waals surface area contributed by atoms with Crippen LogP contribution >= 0.6 is 0 Å². The molecule has 34 nitrogen and oxygen atoms in total. The van der Waals surface area contributed by atoms with Gasteiger partial charge in [0.15, 0.2) is 11.6 Å². The Bertz CT molecular complexity index is 4100. The number of fused-ring (bicyclic) bond motifs is 6. The van der Waals surface area contributed by atoms with Crippen molar-refractivity contribution in [1.29, 1.82) is 0 Å². The predicted molar refractivity (Wildman–Crippen MR) is 555 cm³/mol. The maximum atomic E-state index is 14.6. The average molecular weight is 2090 g/mol. The number of allylic oxidation sites excluding steroid dienone is 12. The molecule has 34 heteroatoms. The van der Waals surface area contributed by atoms with E-state index < -0.39 is 156 Å². The topological polar surface area (TPSA) is 446 Å². The van der Waals surface area contributed by atoms with Crippen LogP contribution in [0.15, 0.2) is 95.2 Å². The number of esters is 2. The van der Waals surface area contributed by atoms with E-state index in [2.05, 4.69) is 0 Å². The van der Waals surface area contributed by atoms with Gasteiger partial charge in [-0.15, -0.1) is 0 Å². The number of Topliss-reactive ketones (excluding diaryl/α,β-unsaturated/α-hetero) is 6. The first-order valence-corrected chi connectivity index (χ1v) is 54.3. The van der Waals surface area contributed by atoms with Crippen LogP contribution < -0.4 is 0 Å². The molecule has 6 aliphatic heterocycles. The van der Waals surface area contributed by atoms with Crippen LogP contribution in [0, 0.1) is 71.0 Å². The van der Waals surface area contributed by atoms with E-state index in [0.29, 0.717) is 154 Å². The first-order chi connectivity index (χ1) is 70.6. The van der Waals surface area contributed by atoms with Gasteiger partial charge in [0.05, 0.1) is 128 Å². The highest BCUT2D eigenvalue weighted by Gasteiger charge is 2.56. The summed E-state index contributed by atoms with van der Waals surface area (Å²) in [6, 6.07) is -2.33. The second-order valence-corrected chi connectivity index (χ2v) is 42.8. The van der Waals surface area contributed by atoms with Crippen LogP contribution in [0.5, 0.6) is 0 Å². The van der Waals surface area contributed by atoms with Crippen LogP contribution in [0.25, 0.3) is 0 Å². The molecule has 0 aromatic rings. The summed E-state index contributed by atoms with van der Waals surface area (Å²) in [5, 5.41) is 66.2. The van der Waals surface area contributed by atoms with E-state index in [1.54, 1.807) is 82.1 Å². The van der Waals surface area contributed by atoms with Gasteiger partial charge in [-0.1, -0.05) is 142 Å². The molecule has 4 saturated heterocycles. The minimum absolute atomic E-state index is 0.00969. The summed E-state index contributed by atoms with van der Waals surface area (Å²) < 4.78 is 94.0. The molecule has 2 aliphatic carbocycles. The van der Waals surface area contributed by atoms with E-state index in [9.17, 15) is 78.6 Å². The number of rotatable bonds is 30. The number of aliphatic hydroxyl groups excluding tert-OH is 4. The third kappa shape index (κ3) is 38.9. The highest BCUT2D eigenvalue weighted by molar-refractivity contribution is 6.39. The molecular weight excluding hydrogens is 1910 g/mol. The lowest BCUT2D eigenvalue weighted by Gasteiger charge is -2.43. The molecule has 0 aromatic carbocycles. The standard InChI is InChI=1S/2C57H91NO16/c2*1-36-16-12-11-13-17-37(2)48(72-29-28-70-27-26-67-8)34-44-21-19-42(7)57(66,74-44)54(63)55(64)58-23-15-14-18-45(58)56(65)73-49(39(4)32-43-20-22-47(71-25-24-59)50(33-43)68-9)35-46(60)38(3)31-41(6)52(62)53(69-10)51(61)40(5)30-36/h2*11-13,16-17,31,36,38-40,42-45,47-50,52-53,59,62,66H,14-15,18-30,32-35H2,1-10H3/b2*13-11?,16-12+,37-17?,41-31+/t36-,38-,39-,40-,42-,43+,44+,45+,47-,48+,49+,50-,52-,53+,57-;36-,38-,39-,40-,42-,43+,44+,45+,47-,48-,49+,50-,52-,53+,57-/m11/s1. The van der Waals surface area contributed by atoms with Gasteiger partial charge < -0.3 is 116 Å². The minimum atomic E-state index is -2.48. The van der Waals surface area contributed by atoms with Crippen molar-refractivity contribution >= 4 is 58.5 Å². The van der Waals surface area contributed by atoms with E-state index >= 15 is 0 Å². The fourth-order valence-corrected chi connectivity index (χ4v) is 21.8. The number of piperidine rings is 2. The molecule has 30 atom stereocenters. The van der Waals surface area contributed by atoms with Crippen molar-refractivity contribution in [2.24, 2.45) is 71.0 Å². The van der Waals surface area contributed by atoms with Crippen LogP contribution in [-0.4, -0.2) is 343 Å². The number of nitrogens with zero attached hydrogens (tertiary/aromatic N) is 2. The Kier molecular flexibility index (Phi) is 56.7. The first-order valence-electron chi connectivity index (χ1n) is 54.3. The number of hydrogen-bond acceptors (Lipinski definition) is 32. The van der Waals surface area contributed by atoms with Crippen molar-refractivity contribution in [1.82, 2.24) is 9.80 Å². The lowest BCUT2D eigenvalue weighted by molar-refractivity contribution is -0.266. The molecule has 8 rings (SSSR count). The Labute approximate surface area is 879 Å². The van der Waals surface area contributed by atoms with E-state index in [-0.39, 0.29) is 174 Å². The van der Waals surface area contributed by atoms with Crippen molar-refractivity contribution in [2.45, 2.75) is 360 Å². The summed E-state index contributed by atoms with van der Waals surface area (Å²) >= 11 is 0. The van der Waals surface area contributed by atoms with Crippen LogP contribution in [0.2, 0.25) is 0 Å². The molecule has 2 amide bonds. The van der Waals surface area contributed by atoms with Gasteiger partial charge in [-0.25, -0.2) is 9.59 Å². The van der Waals surface area contributed by atoms with Gasteiger partial charge in [0.25, 0.3) is 23.4 Å². The molecule has 8 aliphatic rings. The quantitative estimate of drug-likeness (QED) is 0.0168. The molecule has 0 spiro atoms. The number of carbonyl (C=O) groups is 10. The number of aliphatic hydroxyl groups is 6. The fourth-order valence-electron chi connectivity index (χ4n) is 21.8. The van der Waals surface area contributed by atoms with E-state index in [1.807, 2.05) is 116 Å². The smallest absolute Gasteiger partial charge is 0.329 e. The summed E-state index contributed by atoms with van der Waals surface area (Å²) in [6.45, 7) is 28.4. The predicted octanol–water partition coefficient (Wildman–Crippen LogP) is 12.5. The third-order valence-corrected chi connectivity index (χ3v) is 31.1. The summed E-state index contributed by atoms with van der Waals surface area (Å²) in [5.41, 5.74) is 2.45. The third-order valence-electron chi connectivity index (χ3n) is 31.1. The number of ether oxygens (including phenoxy) is 16. The number of amides is 2. The molecule has 6 N–H and O–H groups in total. The van der Waals surface area contributed by atoms with Gasteiger partial charge in [-0.05, 0) is 214 Å². The highest BCUT2D eigenvalue weighted by atomic mass is 16.7. The molecular formula is C114H182N2O32. The number of cyclic esters (lactones) is 2. The summed E-state index contributed by atoms with van der Waals surface area (Å²) in [4.78, 5) is 146. The van der Waals surface area contributed by atoms with Crippen LogP contribution in [-0.2, 0) is 124 Å². The zero-order chi connectivity index (χ0) is 109. The van der Waals surface area contributed by atoms with Crippen LogP contribution in [0.4, 0.5) is 0 Å². The molecule has 0 unspecified atom stereocenters. The lowest BCUT2D eigenvalue weighted by Crippen LogP contribution is -2.61. The highest BCUT2D eigenvalue weighted by Crippen LogP contribution is 2.43. The van der Waals surface area contributed by atoms with Crippen molar-refractivity contribution in [3.8, 4) is 0 Å². The average Bonchev–Trinajstić information content (AvgIpc) is 0.773. The zero-order valence-electron chi connectivity index (χ0n) is 92.2. The zero-order valence-corrected chi connectivity index (χ0v) is 92.2. The number of ketones is 6. The lowest BCUT2D eigenvalue weighted by atomic mass is 9.78. The van der Waals surface area contributed by atoms with Crippen molar-refractivity contribution in [3.05, 3.63) is 95.2 Å². The molecule has 0 aromatic heterocycles. The molecule has 6 heterocycles. The maximum Gasteiger partial charge on any atom is 0.329 e. The van der Waals surface area contributed by atoms with E-state index in [4.69, 9.17) is 75.8 Å². The first kappa shape index (κ1) is 128. The van der Waals surface area contributed by atoms with Gasteiger partial charge in [-0.3, -0.25) is 38.4 Å². The maximum absolute atomic E-state index is 14.6. The number of carbonyl (C=O) groups excluding carboxylic acids is 10. The molecule has 148 heavy (non-hydrogen) atoms. The number of methoxy groups -OCH3 is 6. The van der Waals surface area contributed by atoms with E-state index in [1.165, 1.54) is 24.0 Å². The van der Waals surface area contributed by atoms with Gasteiger partial charge >= 0.3 is 11.9 Å². The molecule has 4 bridgehead atoms. The van der Waals surface area contributed by atoms with Gasteiger partial charge in [0.2, 0.25) is 11.6 Å². The van der Waals surface area contributed by atoms with Crippen molar-refractivity contribution < 1.29 is 154 Å². The SMILES string of the molecule is COCCOCCO[C@@H]1C[C@@H]2CC[C@@H](C)[C@@](O)(O2)C(=O)C(=O)N2CCCC[C@H]2C(=O)O[C@H]([C@H](C)C[C@@H]2CC[C@@H](OCCO)[C@H](OC)C2)CC(=O)[C@H](C)/C=C(\C)[C@@H](O)[C@@H](OC)C(=O)[C@H](C)C[C@H](C)/C=C/C=CC=C1C.COCCOCCO[C@H]1C[C@@H]2CC[C@@H](C)[C@@](O)(O2)C(=O)C(=O)N2CCCC[C@H]2C(=O)O[C@H]([C@H](C)C[C@@H]2CC[C@@H](OCCO)[C@H](OC)C2)CC(=O)[C@H](C)/C=C(\C)[C@@H](O)[C@@H](OC)C(=O)[C@H](C)C[C@H](C)/C=C/C=CC=C1C. The summed E-state index contributed by atoms with van der Waals surface area (Å²) in [5.74, 6) is -16.4. The molecule has 2 saturated carbocycles. The van der Waals surface area contributed by atoms with Gasteiger partial charge in [-0.2, -0.15) is 0 Å². The Hall–Kier alpha value is -6.98. The van der Waals surface area contributed by atoms with Gasteiger partial charge in [0.1, 0.15) is 60.3 Å². The second kappa shape index (κ2) is 65.7. The summed E-state index contributed by atoms with van der Waals surface area (Å²) in [7, 11) is 9.20. The Morgan fingerprint density at radius 1 is 0.405 bits per heavy atom. The normalized spacial score (nSPS) is 35.8. The van der Waals surface area contributed by atoms with Crippen molar-refractivity contribution in [3.63, 3.8) is 0 Å². The van der Waals surface area contributed by atoms with Gasteiger partial charge in [0, 0.05) is 117 Å². The molecule has 840 valence electrons. The Morgan fingerprint density at radius 2 is 0.777 bits per heavy atom. The number of hydrogen-bond donors (Lipinski definition) is 6. The fraction of sp³-hybridized carbons (Fsp3) is 0.772. The molecule has 0 radical (unpaired) electrons. The van der Waals surface area contributed by atoms with Crippen LogP contribution in [0.1, 0.15) is 251 Å². The minimum Gasteiger partial charge on any atom is -0.460 e. The molecule has 6 fully saturated rings. The van der Waals surface area contributed by atoms with E-state index in [0.717, 1.165) is 24.0 Å². The largest absolute Gasteiger partial charge is 0.460 e. The second-order valence-electron chi connectivity index (χ2n) is 42.8.